The van der Waals surface area contributed by atoms with Crippen molar-refractivity contribution in [3.8, 4) is 0 Å². The van der Waals surface area contributed by atoms with Gasteiger partial charge in [0.1, 0.15) is 0 Å². The minimum Gasteiger partial charge on any atom is -0.324 e. The molecule has 0 fully saturated rings. The normalized spacial score (nSPS) is 10.4. The summed E-state index contributed by atoms with van der Waals surface area (Å²) < 4.78 is 0. The van der Waals surface area contributed by atoms with Crippen molar-refractivity contribution in [2.45, 2.75) is 26.7 Å². The van der Waals surface area contributed by atoms with Crippen LogP contribution >= 0.6 is 0 Å². The van der Waals surface area contributed by atoms with Gasteiger partial charge in [-0.1, -0.05) is 19.9 Å². The molecule has 0 aliphatic rings. The third kappa shape index (κ3) is 1.98. The molecule has 0 amide bonds. The lowest BCUT2D eigenvalue weighted by Crippen LogP contribution is -2.07. The second-order valence-corrected chi connectivity index (χ2v) is 3.43. The zero-order chi connectivity index (χ0) is 9.14. The van der Waals surface area contributed by atoms with Crippen LogP contribution in [0.1, 0.15) is 30.9 Å². The van der Waals surface area contributed by atoms with Gasteiger partial charge in [0.05, 0.1) is 0 Å². The Morgan fingerprint density at radius 2 is 1.92 bits per heavy atom. The summed E-state index contributed by atoms with van der Waals surface area (Å²) in [5.41, 5.74) is 6.21. The van der Waals surface area contributed by atoms with Crippen LogP contribution in [0.15, 0.2) is 18.2 Å². The van der Waals surface area contributed by atoms with Gasteiger partial charge in [-0.05, 0) is 36.1 Å². The first-order valence-electron chi connectivity index (χ1n) is 4.21. The molecule has 1 rings (SSSR count). The molecule has 0 unspecified atom stereocenters. The van der Waals surface area contributed by atoms with Gasteiger partial charge < -0.3 is 5.43 Å². The summed E-state index contributed by atoms with van der Waals surface area (Å²) >= 11 is 0. The first-order valence-corrected chi connectivity index (χ1v) is 4.21. The van der Waals surface area contributed by atoms with E-state index in [2.05, 4.69) is 38.3 Å². The van der Waals surface area contributed by atoms with E-state index in [1.807, 2.05) is 6.07 Å². The molecular formula is C10H16N2. The molecule has 0 saturated carbocycles. The maximum atomic E-state index is 5.34. The molecule has 0 aliphatic carbocycles. The number of hydrogen-bond donors (Lipinski definition) is 2. The lowest BCUT2D eigenvalue weighted by atomic mass is 10.0. The fraction of sp³-hybridized carbons (Fsp3) is 0.400. The fourth-order valence-corrected chi connectivity index (χ4v) is 1.23. The highest BCUT2D eigenvalue weighted by Crippen LogP contribution is 2.20. The number of benzene rings is 1. The zero-order valence-corrected chi connectivity index (χ0v) is 7.89. The molecule has 2 nitrogen and oxygen atoms in total. The van der Waals surface area contributed by atoms with Crippen molar-refractivity contribution in [2.24, 2.45) is 5.84 Å². The van der Waals surface area contributed by atoms with Crippen LogP contribution in [0.3, 0.4) is 0 Å². The number of rotatable bonds is 2. The van der Waals surface area contributed by atoms with Gasteiger partial charge in [0.25, 0.3) is 0 Å². The molecule has 0 aliphatic heterocycles. The summed E-state index contributed by atoms with van der Waals surface area (Å²) in [5.74, 6) is 5.89. The SMILES string of the molecule is Cc1cc(NN)cc(C(C)C)c1. The highest BCUT2D eigenvalue weighted by Gasteiger charge is 2.00. The number of anilines is 1. The third-order valence-electron chi connectivity index (χ3n) is 1.93. The van der Waals surface area contributed by atoms with Gasteiger partial charge in [-0.2, -0.15) is 0 Å². The maximum absolute atomic E-state index is 5.34. The highest BCUT2D eigenvalue weighted by atomic mass is 15.2. The molecular weight excluding hydrogens is 148 g/mol. The summed E-state index contributed by atoms with van der Waals surface area (Å²) in [5, 5.41) is 0. The molecule has 1 aromatic rings. The second-order valence-electron chi connectivity index (χ2n) is 3.43. The summed E-state index contributed by atoms with van der Waals surface area (Å²) in [6, 6.07) is 6.30. The van der Waals surface area contributed by atoms with Gasteiger partial charge in [-0.25, -0.2) is 0 Å². The van der Waals surface area contributed by atoms with Crippen LogP contribution in [-0.2, 0) is 0 Å². The monoisotopic (exact) mass is 164 g/mol. The molecule has 2 heteroatoms. The van der Waals surface area contributed by atoms with Crippen LogP contribution in [0.25, 0.3) is 0 Å². The first-order chi connectivity index (χ1) is 5.63. The molecule has 0 atom stereocenters. The van der Waals surface area contributed by atoms with E-state index in [0.29, 0.717) is 5.92 Å². The quantitative estimate of drug-likeness (QED) is 0.520. The van der Waals surface area contributed by atoms with E-state index >= 15 is 0 Å². The smallest absolute Gasteiger partial charge is 0.0490 e. The van der Waals surface area contributed by atoms with Crippen molar-refractivity contribution in [2.75, 3.05) is 5.43 Å². The Morgan fingerprint density at radius 3 is 2.42 bits per heavy atom. The van der Waals surface area contributed by atoms with Crippen molar-refractivity contribution in [1.82, 2.24) is 0 Å². The molecule has 0 aromatic heterocycles. The Bertz CT molecular complexity index is 267. The standard InChI is InChI=1S/C10H16N2/c1-7(2)9-4-8(3)5-10(6-9)12-11/h4-7,12H,11H2,1-3H3. The third-order valence-corrected chi connectivity index (χ3v) is 1.93. The van der Waals surface area contributed by atoms with Crippen molar-refractivity contribution in [3.05, 3.63) is 29.3 Å². The number of nitrogen functional groups attached to an aromatic ring is 1. The van der Waals surface area contributed by atoms with Gasteiger partial charge in [0, 0.05) is 5.69 Å². The molecule has 0 bridgehead atoms. The Morgan fingerprint density at radius 1 is 1.25 bits per heavy atom. The number of nitrogens with one attached hydrogen (secondary N) is 1. The summed E-state index contributed by atoms with van der Waals surface area (Å²) in [7, 11) is 0. The number of aryl methyl sites for hydroxylation is 1. The first kappa shape index (κ1) is 9.07. The second kappa shape index (κ2) is 3.59. The average molecular weight is 164 g/mol. The van der Waals surface area contributed by atoms with Crippen LogP contribution in [-0.4, -0.2) is 0 Å². The Hall–Kier alpha value is -1.02. The van der Waals surface area contributed by atoms with E-state index in [0.717, 1.165) is 5.69 Å². The zero-order valence-electron chi connectivity index (χ0n) is 7.89. The van der Waals surface area contributed by atoms with E-state index in [9.17, 15) is 0 Å². The van der Waals surface area contributed by atoms with E-state index < -0.39 is 0 Å². The molecule has 0 spiro atoms. The molecule has 0 heterocycles. The molecule has 3 N–H and O–H groups in total. The summed E-state index contributed by atoms with van der Waals surface area (Å²) in [4.78, 5) is 0. The largest absolute Gasteiger partial charge is 0.324 e. The van der Waals surface area contributed by atoms with Gasteiger partial charge in [-0.15, -0.1) is 0 Å². The van der Waals surface area contributed by atoms with E-state index in [1.165, 1.54) is 11.1 Å². The Labute approximate surface area is 73.8 Å². The van der Waals surface area contributed by atoms with Gasteiger partial charge in [0.15, 0.2) is 0 Å². The Balaban J connectivity index is 3.06. The van der Waals surface area contributed by atoms with Crippen molar-refractivity contribution in [1.29, 1.82) is 0 Å². The maximum Gasteiger partial charge on any atom is 0.0490 e. The summed E-state index contributed by atoms with van der Waals surface area (Å²) in [6.45, 7) is 6.43. The molecule has 1 aromatic carbocycles. The average Bonchev–Trinajstić information content (AvgIpc) is 2.03. The van der Waals surface area contributed by atoms with Crippen LogP contribution in [0.2, 0.25) is 0 Å². The Kier molecular flexibility index (Phi) is 2.71. The van der Waals surface area contributed by atoms with Crippen LogP contribution in [0.5, 0.6) is 0 Å². The molecule has 12 heavy (non-hydrogen) atoms. The molecule has 0 saturated heterocycles. The fourth-order valence-electron chi connectivity index (χ4n) is 1.23. The number of hydrazine groups is 1. The van der Waals surface area contributed by atoms with Gasteiger partial charge in [-0.3, -0.25) is 5.84 Å². The van der Waals surface area contributed by atoms with E-state index in [-0.39, 0.29) is 0 Å². The number of hydrogen-bond acceptors (Lipinski definition) is 2. The van der Waals surface area contributed by atoms with Gasteiger partial charge >= 0.3 is 0 Å². The predicted octanol–water partition coefficient (Wildman–Crippen LogP) is 2.40. The van der Waals surface area contributed by atoms with E-state index in [4.69, 9.17) is 5.84 Å². The minimum absolute atomic E-state index is 0.553. The van der Waals surface area contributed by atoms with Crippen molar-refractivity contribution in [3.63, 3.8) is 0 Å². The van der Waals surface area contributed by atoms with Crippen LogP contribution in [0.4, 0.5) is 5.69 Å². The molecule has 66 valence electrons. The predicted molar refractivity (Wildman–Crippen MR) is 53.1 cm³/mol. The lowest BCUT2D eigenvalue weighted by molar-refractivity contribution is 0.865. The van der Waals surface area contributed by atoms with E-state index in [1.54, 1.807) is 0 Å². The number of nitrogens with two attached hydrogens (primary N) is 1. The van der Waals surface area contributed by atoms with Crippen molar-refractivity contribution < 1.29 is 0 Å². The van der Waals surface area contributed by atoms with Crippen LogP contribution in [0, 0.1) is 6.92 Å². The topological polar surface area (TPSA) is 38.0 Å². The highest BCUT2D eigenvalue weighted by molar-refractivity contribution is 5.48. The van der Waals surface area contributed by atoms with Crippen molar-refractivity contribution >= 4 is 5.69 Å². The summed E-state index contributed by atoms with van der Waals surface area (Å²) in [6.07, 6.45) is 0. The lowest BCUT2D eigenvalue weighted by Gasteiger charge is -2.09. The molecule has 0 radical (unpaired) electrons. The van der Waals surface area contributed by atoms with Gasteiger partial charge in [0.2, 0.25) is 0 Å². The van der Waals surface area contributed by atoms with Crippen LogP contribution < -0.4 is 11.3 Å². The minimum atomic E-state index is 0.553.